The molecule has 0 unspecified atom stereocenters. The molecule has 0 heterocycles. The second kappa shape index (κ2) is 9.38. The van der Waals surface area contributed by atoms with Crippen molar-refractivity contribution >= 4 is 7.60 Å². The average molecular weight is 235 g/mol. The predicted molar refractivity (Wildman–Crippen MR) is 63.9 cm³/mol. The van der Waals surface area contributed by atoms with Crippen molar-refractivity contribution in [3.8, 4) is 0 Å². The molecule has 0 aromatic rings. The third-order valence-corrected chi connectivity index (χ3v) is 3.22. The molecule has 0 aliphatic rings. The fraction of sp³-hybridized carbons (Fsp3) is 0.909. The van der Waals surface area contributed by atoms with E-state index in [1.165, 1.54) is 0 Å². The van der Waals surface area contributed by atoms with E-state index in [2.05, 4.69) is 20.5 Å². The molecule has 3 nitrogen and oxygen atoms in total. The van der Waals surface area contributed by atoms with Gasteiger partial charge in [0.05, 0.1) is 19.9 Å². The Morgan fingerprint density at radius 3 is 1.67 bits per heavy atom. The first-order valence-electron chi connectivity index (χ1n) is 5.86. The second-order valence-electron chi connectivity index (χ2n) is 3.69. The molecule has 0 aromatic carbocycles. The topological polar surface area (TPSA) is 35.5 Å². The molecule has 1 radical (unpaired) electrons. The SMILES string of the molecule is [CH2]P(=O)(OCCCCC)OCCCCC. The van der Waals surface area contributed by atoms with Crippen LogP contribution >= 0.6 is 7.60 Å². The maximum Gasteiger partial charge on any atom is 0.331 e. The largest absolute Gasteiger partial charge is 0.331 e. The molecule has 0 amide bonds. The zero-order valence-electron chi connectivity index (χ0n) is 10.0. The van der Waals surface area contributed by atoms with Gasteiger partial charge in [0.1, 0.15) is 0 Å². The van der Waals surface area contributed by atoms with Crippen molar-refractivity contribution in [3.05, 3.63) is 6.66 Å². The van der Waals surface area contributed by atoms with Crippen molar-refractivity contribution in [3.63, 3.8) is 0 Å². The average Bonchev–Trinajstić information content (AvgIpc) is 2.20. The van der Waals surface area contributed by atoms with Crippen molar-refractivity contribution in [2.45, 2.75) is 52.4 Å². The predicted octanol–water partition coefficient (Wildman–Crippen LogP) is 4.38. The molecule has 0 bridgehead atoms. The van der Waals surface area contributed by atoms with E-state index in [1.807, 2.05) is 0 Å². The normalized spacial score (nSPS) is 11.9. The second-order valence-corrected chi connectivity index (χ2v) is 5.43. The lowest BCUT2D eigenvalue weighted by atomic mass is 10.3. The van der Waals surface area contributed by atoms with Crippen LogP contribution in [0.1, 0.15) is 52.4 Å². The zero-order valence-corrected chi connectivity index (χ0v) is 10.9. The molecule has 0 N–H and O–H groups in total. The minimum absolute atomic E-state index is 0.488. The van der Waals surface area contributed by atoms with E-state index >= 15 is 0 Å². The summed E-state index contributed by atoms with van der Waals surface area (Å²) in [5, 5.41) is 0. The lowest BCUT2D eigenvalue weighted by Gasteiger charge is -2.13. The molecule has 0 saturated heterocycles. The monoisotopic (exact) mass is 235 g/mol. The van der Waals surface area contributed by atoms with Crippen LogP contribution in [-0.4, -0.2) is 13.2 Å². The summed E-state index contributed by atoms with van der Waals surface area (Å²) >= 11 is 0. The molecule has 0 rings (SSSR count). The van der Waals surface area contributed by atoms with E-state index in [0.717, 1.165) is 38.5 Å². The smallest absolute Gasteiger partial charge is 0.309 e. The maximum atomic E-state index is 11.6. The van der Waals surface area contributed by atoms with Crippen molar-refractivity contribution in [1.82, 2.24) is 0 Å². The Balaban J connectivity index is 3.45. The molecule has 0 aromatic heterocycles. The molecule has 15 heavy (non-hydrogen) atoms. The standard InChI is InChI=1S/C11H24O3P/c1-4-6-8-10-13-15(3,12)14-11-9-7-5-2/h3-11H2,1-2H3. The van der Waals surface area contributed by atoms with Gasteiger partial charge < -0.3 is 9.05 Å². The summed E-state index contributed by atoms with van der Waals surface area (Å²) in [4.78, 5) is 0. The van der Waals surface area contributed by atoms with Gasteiger partial charge in [0.15, 0.2) is 0 Å². The van der Waals surface area contributed by atoms with Crippen molar-refractivity contribution in [2.24, 2.45) is 0 Å². The molecule has 0 fully saturated rings. The van der Waals surface area contributed by atoms with E-state index < -0.39 is 7.60 Å². The zero-order chi connectivity index (χ0) is 11.6. The summed E-state index contributed by atoms with van der Waals surface area (Å²) in [7, 11) is -3.02. The van der Waals surface area contributed by atoms with Gasteiger partial charge in [-0.05, 0) is 12.8 Å². The summed E-state index contributed by atoms with van der Waals surface area (Å²) in [5.74, 6) is 0. The van der Waals surface area contributed by atoms with E-state index in [9.17, 15) is 4.57 Å². The van der Waals surface area contributed by atoms with Crippen molar-refractivity contribution < 1.29 is 13.6 Å². The molecule has 0 atom stereocenters. The van der Waals surface area contributed by atoms with Gasteiger partial charge in [-0.1, -0.05) is 39.5 Å². The van der Waals surface area contributed by atoms with Gasteiger partial charge >= 0.3 is 7.60 Å². The number of unbranched alkanes of at least 4 members (excludes halogenated alkanes) is 4. The summed E-state index contributed by atoms with van der Waals surface area (Å²) in [6.45, 7) is 8.69. The molecule has 4 heteroatoms. The highest BCUT2D eigenvalue weighted by Gasteiger charge is 2.15. The molecular weight excluding hydrogens is 211 g/mol. The van der Waals surface area contributed by atoms with E-state index in [0.29, 0.717) is 13.2 Å². The van der Waals surface area contributed by atoms with Crippen LogP contribution in [0, 0.1) is 6.66 Å². The fourth-order valence-corrected chi connectivity index (χ4v) is 2.04. The Labute approximate surface area is 94.1 Å². The van der Waals surface area contributed by atoms with Crippen LogP contribution in [0.3, 0.4) is 0 Å². The summed E-state index contributed by atoms with van der Waals surface area (Å²) in [6, 6.07) is 0. The molecular formula is C11H24O3P. The van der Waals surface area contributed by atoms with Crippen LogP contribution in [0.15, 0.2) is 0 Å². The minimum Gasteiger partial charge on any atom is -0.309 e. The van der Waals surface area contributed by atoms with Crippen LogP contribution in [-0.2, 0) is 13.6 Å². The van der Waals surface area contributed by atoms with Gasteiger partial charge in [-0.25, -0.2) is 0 Å². The van der Waals surface area contributed by atoms with Gasteiger partial charge in [-0.15, -0.1) is 0 Å². The summed E-state index contributed by atoms with van der Waals surface area (Å²) in [6.07, 6.45) is 6.29. The van der Waals surface area contributed by atoms with Crippen LogP contribution in [0.4, 0.5) is 0 Å². The summed E-state index contributed by atoms with van der Waals surface area (Å²) < 4.78 is 21.9. The molecule has 0 aliphatic carbocycles. The first-order chi connectivity index (χ1) is 7.12. The number of hydrogen-bond acceptors (Lipinski definition) is 3. The Bertz CT molecular complexity index is 167. The Hall–Kier alpha value is 0.150. The van der Waals surface area contributed by atoms with E-state index in [-0.39, 0.29) is 0 Å². The Morgan fingerprint density at radius 2 is 1.33 bits per heavy atom. The van der Waals surface area contributed by atoms with Gasteiger partial charge in [0.25, 0.3) is 0 Å². The lowest BCUT2D eigenvalue weighted by Crippen LogP contribution is -1.97. The first-order valence-corrected chi connectivity index (χ1v) is 7.58. The Kier molecular flexibility index (Phi) is 9.48. The first kappa shape index (κ1) is 15.2. The fourth-order valence-electron chi connectivity index (χ4n) is 1.15. The van der Waals surface area contributed by atoms with Crippen LogP contribution in [0.25, 0.3) is 0 Å². The number of hydrogen-bond donors (Lipinski definition) is 0. The van der Waals surface area contributed by atoms with Crippen molar-refractivity contribution in [1.29, 1.82) is 0 Å². The molecule has 0 spiro atoms. The van der Waals surface area contributed by atoms with Gasteiger partial charge in [0.2, 0.25) is 0 Å². The lowest BCUT2D eigenvalue weighted by molar-refractivity contribution is 0.205. The number of rotatable bonds is 10. The molecule has 0 aliphatic heterocycles. The van der Waals surface area contributed by atoms with Crippen LogP contribution in [0.5, 0.6) is 0 Å². The maximum absolute atomic E-state index is 11.6. The third kappa shape index (κ3) is 10.4. The minimum atomic E-state index is -3.02. The van der Waals surface area contributed by atoms with Gasteiger partial charge in [-0.3, -0.25) is 4.57 Å². The Morgan fingerprint density at radius 1 is 0.933 bits per heavy atom. The highest BCUT2D eigenvalue weighted by atomic mass is 31.2. The third-order valence-electron chi connectivity index (χ3n) is 2.07. The van der Waals surface area contributed by atoms with Gasteiger partial charge in [-0.2, -0.15) is 0 Å². The summed E-state index contributed by atoms with van der Waals surface area (Å²) in [5.41, 5.74) is 0. The highest BCUT2D eigenvalue weighted by molar-refractivity contribution is 7.55. The molecule has 91 valence electrons. The molecule has 0 saturated carbocycles. The van der Waals surface area contributed by atoms with Crippen LogP contribution < -0.4 is 0 Å². The van der Waals surface area contributed by atoms with Gasteiger partial charge in [0, 0.05) is 0 Å². The van der Waals surface area contributed by atoms with Crippen molar-refractivity contribution in [2.75, 3.05) is 13.2 Å². The quantitative estimate of drug-likeness (QED) is 0.416. The van der Waals surface area contributed by atoms with E-state index in [1.54, 1.807) is 0 Å². The highest BCUT2D eigenvalue weighted by Crippen LogP contribution is 2.46. The van der Waals surface area contributed by atoms with Crippen LogP contribution in [0.2, 0.25) is 0 Å². The van der Waals surface area contributed by atoms with E-state index in [4.69, 9.17) is 9.05 Å².